The Morgan fingerprint density at radius 3 is 2.71 bits per heavy atom. The largest absolute Gasteiger partial charge is 0.298 e. The molecule has 70 valence electrons. The number of rotatable bonds is 2. The maximum absolute atomic E-state index is 10.4. The van der Waals surface area contributed by atoms with E-state index in [-0.39, 0.29) is 0 Å². The molecule has 0 aliphatic heterocycles. The Morgan fingerprint density at radius 1 is 1.29 bits per heavy atom. The summed E-state index contributed by atoms with van der Waals surface area (Å²) in [7, 11) is 0. The average molecular weight is 209 g/mol. The highest BCUT2D eigenvalue weighted by Crippen LogP contribution is 2.05. The van der Waals surface area contributed by atoms with Gasteiger partial charge in [-0.2, -0.15) is 5.10 Å². The fourth-order valence-electron chi connectivity index (χ4n) is 0.947. The summed E-state index contributed by atoms with van der Waals surface area (Å²) in [4.78, 5) is 18.2. The van der Waals surface area contributed by atoms with Crippen molar-refractivity contribution in [3.05, 3.63) is 35.5 Å². The minimum absolute atomic E-state index is 0.316. The Bertz CT molecular complexity index is 451. The zero-order valence-corrected chi connectivity index (χ0v) is 7.72. The van der Waals surface area contributed by atoms with Crippen LogP contribution in [0.2, 0.25) is 5.15 Å². The quantitative estimate of drug-likeness (QED) is 0.694. The smallest absolute Gasteiger partial charge is 0.171 e. The molecule has 0 atom stereocenters. The summed E-state index contributed by atoms with van der Waals surface area (Å²) in [5.74, 6) is 0.516. The molecule has 0 aliphatic carbocycles. The number of nitrogens with zero attached hydrogens (tertiary/aromatic N) is 4. The van der Waals surface area contributed by atoms with E-state index in [1.54, 1.807) is 6.20 Å². The lowest BCUT2D eigenvalue weighted by atomic mass is 10.4. The standard InChI is InChI=1S/C8H5ClN4O/c9-7-2-11-8(3-10-7)13-4-6(5-14)1-12-13/h1-5H. The van der Waals surface area contributed by atoms with Crippen LogP contribution in [0, 0.1) is 0 Å². The van der Waals surface area contributed by atoms with Crippen LogP contribution >= 0.6 is 11.6 Å². The van der Waals surface area contributed by atoms with Crippen LogP contribution in [0.5, 0.6) is 0 Å². The number of hydrogen-bond donors (Lipinski definition) is 0. The molecule has 6 heteroatoms. The van der Waals surface area contributed by atoms with E-state index in [9.17, 15) is 4.79 Å². The van der Waals surface area contributed by atoms with Gasteiger partial charge in [0.05, 0.1) is 24.2 Å². The van der Waals surface area contributed by atoms with Gasteiger partial charge in [0, 0.05) is 6.20 Å². The van der Waals surface area contributed by atoms with E-state index < -0.39 is 0 Å². The highest BCUT2D eigenvalue weighted by atomic mass is 35.5. The molecule has 0 unspecified atom stereocenters. The van der Waals surface area contributed by atoms with Crippen molar-refractivity contribution >= 4 is 17.9 Å². The summed E-state index contributed by atoms with van der Waals surface area (Å²) < 4.78 is 1.45. The first kappa shape index (κ1) is 8.83. The lowest BCUT2D eigenvalue weighted by Gasteiger charge is -1.97. The third-order valence-electron chi connectivity index (χ3n) is 1.58. The van der Waals surface area contributed by atoms with E-state index in [2.05, 4.69) is 15.1 Å². The van der Waals surface area contributed by atoms with Gasteiger partial charge in [0.25, 0.3) is 0 Å². The van der Waals surface area contributed by atoms with E-state index in [1.807, 2.05) is 0 Å². The molecule has 0 bridgehead atoms. The molecule has 2 aromatic heterocycles. The number of aromatic nitrogens is 4. The van der Waals surface area contributed by atoms with E-state index in [0.717, 1.165) is 0 Å². The number of carbonyl (C=O) groups excluding carboxylic acids is 1. The lowest BCUT2D eigenvalue weighted by Crippen LogP contribution is -1.98. The van der Waals surface area contributed by atoms with Crippen molar-refractivity contribution in [1.29, 1.82) is 0 Å². The highest BCUT2D eigenvalue weighted by molar-refractivity contribution is 6.29. The minimum atomic E-state index is 0.316. The molecule has 2 aromatic rings. The number of halogens is 1. The van der Waals surface area contributed by atoms with E-state index in [4.69, 9.17) is 11.6 Å². The molecule has 0 fully saturated rings. The molecular formula is C8H5ClN4O. The molecule has 0 N–H and O–H groups in total. The van der Waals surface area contributed by atoms with Crippen LogP contribution < -0.4 is 0 Å². The normalized spacial score (nSPS) is 10.1. The molecule has 0 radical (unpaired) electrons. The third kappa shape index (κ3) is 1.62. The molecule has 0 amide bonds. The van der Waals surface area contributed by atoms with Gasteiger partial charge in [-0.3, -0.25) is 4.79 Å². The molecule has 0 saturated carbocycles. The lowest BCUT2D eigenvalue weighted by molar-refractivity contribution is 0.112. The molecule has 0 aliphatic rings. The van der Waals surface area contributed by atoms with Crippen LogP contribution in [0.3, 0.4) is 0 Å². The molecule has 0 aromatic carbocycles. The van der Waals surface area contributed by atoms with Crippen molar-refractivity contribution in [2.24, 2.45) is 0 Å². The van der Waals surface area contributed by atoms with Gasteiger partial charge in [-0.15, -0.1) is 0 Å². The fraction of sp³-hybridized carbons (Fsp3) is 0. The molecule has 14 heavy (non-hydrogen) atoms. The Kier molecular flexibility index (Phi) is 2.24. The first-order valence-electron chi connectivity index (χ1n) is 3.77. The first-order valence-corrected chi connectivity index (χ1v) is 4.15. The fourth-order valence-corrected chi connectivity index (χ4v) is 1.04. The van der Waals surface area contributed by atoms with Gasteiger partial charge in [0.15, 0.2) is 12.1 Å². The molecular weight excluding hydrogens is 204 g/mol. The van der Waals surface area contributed by atoms with Crippen molar-refractivity contribution in [2.75, 3.05) is 0 Å². The molecule has 2 heterocycles. The topological polar surface area (TPSA) is 60.7 Å². The molecule has 5 nitrogen and oxygen atoms in total. The second kappa shape index (κ2) is 3.55. The second-order valence-electron chi connectivity index (χ2n) is 2.53. The Morgan fingerprint density at radius 2 is 2.14 bits per heavy atom. The predicted molar refractivity (Wildman–Crippen MR) is 49.6 cm³/mol. The molecule has 2 rings (SSSR count). The zero-order chi connectivity index (χ0) is 9.97. The van der Waals surface area contributed by atoms with E-state index in [1.165, 1.54) is 23.3 Å². The van der Waals surface area contributed by atoms with Crippen molar-refractivity contribution in [2.45, 2.75) is 0 Å². The van der Waals surface area contributed by atoms with Gasteiger partial charge in [-0.1, -0.05) is 11.6 Å². The highest BCUT2D eigenvalue weighted by Gasteiger charge is 2.01. The third-order valence-corrected chi connectivity index (χ3v) is 1.78. The summed E-state index contributed by atoms with van der Waals surface area (Å²) in [6.45, 7) is 0. The Hall–Kier alpha value is -1.75. The first-order chi connectivity index (χ1) is 6.79. The van der Waals surface area contributed by atoms with E-state index >= 15 is 0 Å². The summed E-state index contributed by atoms with van der Waals surface area (Å²) in [6.07, 6.45) is 6.62. The monoisotopic (exact) mass is 208 g/mol. The van der Waals surface area contributed by atoms with Gasteiger partial charge in [-0.05, 0) is 0 Å². The number of hydrogen-bond acceptors (Lipinski definition) is 4. The maximum atomic E-state index is 10.4. The SMILES string of the molecule is O=Cc1cnn(-c2cnc(Cl)cn2)c1. The average Bonchev–Trinajstić information content (AvgIpc) is 2.67. The van der Waals surface area contributed by atoms with Gasteiger partial charge in [0.1, 0.15) is 5.15 Å². The van der Waals surface area contributed by atoms with Crippen molar-refractivity contribution in [1.82, 2.24) is 19.7 Å². The van der Waals surface area contributed by atoms with Crippen LogP contribution in [0.25, 0.3) is 5.82 Å². The predicted octanol–water partition coefficient (Wildman–Crippen LogP) is 1.13. The van der Waals surface area contributed by atoms with Crippen molar-refractivity contribution in [3.63, 3.8) is 0 Å². The van der Waals surface area contributed by atoms with Gasteiger partial charge >= 0.3 is 0 Å². The Labute approximate surface area is 84.4 Å². The van der Waals surface area contributed by atoms with Crippen LogP contribution in [0.4, 0.5) is 0 Å². The van der Waals surface area contributed by atoms with Gasteiger partial charge in [-0.25, -0.2) is 14.6 Å². The summed E-state index contributed by atoms with van der Waals surface area (Å²) in [6, 6.07) is 0. The number of aldehydes is 1. The molecule has 0 saturated heterocycles. The molecule has 0 spiro atoms. The number of carbonyl (C=O) groups is 1. The van der Waals surface area contributed by atoms with Crippen LogP contribution in [0.1, 0.15) is 10.4 Å². The van der Waals surface area contributed by atoms with E-state index in [0.29, 0.717) is 22.8 Å². The second-order valence-corrected chi connectivity index (χ2v) is 2.92. The van der Waals surface area contributed by atoms with Crippen LogP contribution in [0.15, 0.2) is 24.8 Å². The van der Waals surface area contributed by atoms with Gasteiger partial charge in [0.2, 0.25) is 0 Å². The van der Waals surface area contributed by atoms with Crippen LogP contribution in [-0.4, -0.2) is 26.0 Å². The summed E-state index contributed by atoms with van der Waals surface area (Å²) >= 11 is 5.57. The van der Waals surface area contributed by atoms with Crippen LogP contribution in [-0.2, 0) is 0 Å². The van der Waals surface area contributed by atoms with Crippen molar-refractivity contribution in [3.8, 4) is 5.82 Å². The minimum Gasteiger partial charge on any atom is -0.298 e. The Balaban J connectivity index is 2.39. The summed E-state index contributed by atoms with van der Waals surface area (Å²) in [5, 5.41) is 4.24. The van der Waals surface area contributed by atoms with Gasteiger partial charge < -0.3 is 0 Å². The summed E-state index contributed by atoms with van der Waals surface area (Å²) in [5.41, 5.74) is 0.488. The maximum Gasteiger partial charge on any atom is 0.171 e. The van der Waals surface area contributed by atoms with Crippen molar-refractivity contribution < 1.29 is 4.79 Å². The zero-order valence-electron chi connectivity index (χ0n) is 6.96.